The Morgan fingerprint density at radius 3 is 2.81 bits per heavy atom. The lowest BCUT2D eigenvalue weighted by atomic mass is 10.2. The quantitative estimate of drug-likeness (QED) is 0.453. The number of halogens is 1. The Morgan fingerprint density at radius 1 is 1.19 bits per heavy atom. The van der Waals surface area contributed by atoms with E-state index in [9.17, 15) is 14.4 Å². The van der Waals surface area contributed by atoms with E-state index in [1.807, 2.05) is 42.5 Å². The van der Waals surface area contributed by atoms with Crippen molar-refractivity contribution in [2.24, 2.45) is 4.99 Å². The van der Waals surface area contributed by atoms with E-state index in [2.05, 4.69) is 20.9 Å². The minimum absolute atomic E-state index is 0.0137. The number of anilines is 1. The molecule has 2 amide bonds. The van der Waals surface area contributed by atoms with Crippen LogP contribution in [0.2, 0.25) is 0 Å². The highest BCUT2D eigenvalue weighted by molar-refractivity contribution is 9.10. The number of benzene rings is 2. The maximum absolute atomic E-state index is 12.6. The number of aromatic nitrogens is 1. The fourth-order valence-corrected chi connectivity index (χ4v) is 5.79. The first kappa shape index (κ1) is 22.8. The molecule has 2 heterocycles. The van der Waals surface area contributed by atoms with Crippen molar-refractivity contribution < 1.29 is 19.1 Å². The summed E-state index contributed by atoms with van der Waals surface area (Å²) >= 11 is 6.01. The van der Waals surface area contributed by atoms with Crippen molar-refractivity contribution in [1.29, 1.82) is 0 Å². The molecule has 1 aliphatic rings. The second-order valence-electron chi connectivity index (χ2n) is 7.08. The zero-order chi connectivity index (χ0) is 22.7. The van der Waals surface area contributed by atoms with Crippen LogP contribution >= 0.6 is 39.0 Å². The molecule has 4 rings (SSSR count). The number of amides is 2. The fraction of sp³-hybridized carbons (Fsp3) is 0.273. The van der Waals surface area contributed by atoms with Gasteiger partial charge in [-0.15, -0.1) is 11.8 Å². The highest BCUT2D eigenvalue weighted by atomic mass is 79.9. The monoisotopic (exact) mass is 533 g/mol. The molecule has 32 heavy (non-hydrogen) atoms. The second-order valence-corrected chi connectivity index (χ2v) is 9.99. The van der Waals surface area contributed by atoms with Gasteiger partial charge in [-0.2, -0.15) is 4.99 Å². The zero-order valence-electron chi connectivity index (χ0n) is 17.2. The van der Waals surface area contributed by atoms with E-state index >= 15 is 0 Å². The molecular weight excluding hydrogens is 514 g/mol. The van der Waals surface area contributed by atoms with E-state index in [0.29, 0.717) is 11.3 Å². The standard InChI is InChI=1S/C22H20BrN3O4S2/c1-30-21(29)11-26-17-7-6-15(23)10-18(17)32-22(26)24-19(27)12-31-13-20(28)25-9-8-14-4-2-3-5-16(14)25/h2-7,10H,8-9,11-13H2,1H3. The van der Waals surface area contributed by atoms with Crippen LogP contribution in [0.15, 0.2) is 51.9 Å². The van der Waals surface area contributed by atoms with E-state index in [1.54, 1.807) is 9.47 Å². The van der Waals surface area contributed by atoms with E-state index < -0.39 is 5.97 Å². The van der Waals surface area contributed by atoms with Crippen LogP contribution in [-0.4, -0.2) is 47.5 Å². The highest BCUT2D eigenvalue weighted by Crippen LogP contribution is 2.28. The lowest BCUT2D eigenvalue weighted by Gasteiger charge is -2.16. The van der Waals surface area contributed by atoms with Crippen molar-refractivity contribution in [1.82, 2.24) is 4.57 Å². The van der Waals surface area contributed by atoms with E-state index in [1.165, 1.54) is 35.8 Å². The molecule has 7 nitrogen and oxygen atoms in total. The zero-order valence-corrected chi connectivity index (χ0v) is 20.5. The molecule has 0 aliphatic carbocycles. The molecule has 0 N–H and O–H groups in total. The van der Waals surface area contributed by atoms with Gasteiger partial charge < -0.3 is 14.2 Å². The number of hydrogen-bond acceptors (Lipinski definition) is 6. The third-order valence-corrected chi connectivity index (χ3v) is 7.46. The van der Waals surface area contributed by atoms with Crippen LogP contribution in [0.3, 0.4) is 0 Å². The Balaban J connectivity index is 1.45. The molecular formula is C22H20BrN3O4S2. The van der Waals surface area contributed by atoms with Gasteiger partial charge in [-0.3, -0.25) is 14.4 Å². The number of fused-ring (bicyclic) bond motifs is 2. The number of hydrogen-bond donors (Lipinski definition) is 0. The van der Waals surface area contributed by atoms with Crippen molar-refractivity contribution >= 4 is 72.7 Å². The summed E-state index contributed by atoms with van der Waals surface area (Å²) in [6.07, 6.45) is 0.850. The molecule has 0 unspecified atom stereocenters. The Morgan fingerprint density at radius 2 is 2.00 bits per heavy atom. The largest absolute Gasteiger partial charge is 0.468 e. The summed E-state index contributed by atoms with van der Waals surface area (Å²) in [5.74, 6) is -0.504. The van der Waals surface area contributed by atoms with Gasteiger partial charge in [-0.1, -0.05) is 45.5 Å². The summed E-state index contributed by atoms with van der Waals surface area (Å²) in [7, 11) is 1.32. The van der Waals surface area contributed by atoms with Crippen LogP contribution < -0.4 is 9.70 Å². The maximum atomic E-state index is 12.6. The van der Waals surface area contributed by atoms with Crippen LogP contribution in [-0.2, 0) is 32.1 Å². The van der Waals surface area contributed by atoms with E-state index in [-0.39, 0.29) is 29.9 Å². The van der Waals surface area contributed by atoms with Crippen molar-refractivity contribution in [2.75, 3.05) is 30.1 Å². The van der Waals surface area contributed by atoms with Gasteiger partial charge >= 0.3 is 5.97 Å². The molecule has 0 fully saturated rings. The maximum Gasteiger partial charge on any atom is 0.325 e. The van der Waals surface area contributed by atoms with Crippen molar-refractivity contribution in [3.63, 3.8) is 0 Å². The second kappa shape index (κ2) is 10.0. The summed E-state index contributed by atoms with van der Waals surface area (Å²) in [4.78, 5) is 43.4. The molecule has 1 aliphatic heterocycles. The SMILES string of the molecule is COC(=O)Cn1c(=NC(=O)CSCC(=O)N2CCc3ccccc32)sc2cc(Br)ccc21. The van der Waals surface area contributed by atoms with Crippen LogP contribution in [0, 0.1) is 0 Å². The van der Waals surface area contributed by atoms with Crippen molar-refractivity contribution in [3.8, 4) is 0 Å². The number of nitrogens with zero attached hydrogens (tertiary/aromatic N) is 3. The highest BCUT2D eigenvalue weighted by Gasteiger charge is 2.24. The molecule has 0 bridgehead atoms. The fourth-order valence-electron chi connectivity index (χ4n) is 3.52. The molecule has 0 atom stereocenters. The molecule has 0 spiro atoms. The first-order chi connectivity index (χ1) is 15.5. The predicted octanol–water partition coefficient (Wildman–Crippen LogP) is 3.39. The van der Waals surface area contributed by atoms with Gasteiger partial charge in [0.05, 0.1) is 28.8 Å². The number of thiazole rings is 1. The van der Waals surface area contributed by atoms with Crippen LogP contribution in [0.25, 0.3) is 10.2 Å². The third-order valence-electron chi connectivity index (χ3n) is 5.02. The Kier molecular flexibility index (Phi) is 7.12. The minimum atomic E-state index is -0.424. The first-order valence-corrected chi connectivity index (χ1v) is 12.6. The van der Waals surface area contributed by atoms with E-state index in [4.69, 9.17) is 4.74 Å². The number of thioether (sulfide) groups is 1. The summed E-state index contributed by atoms with van der Waals surface area (Å²) in [6, 6.07) is 13.5. The average molecular weight is 534 g/mol. The number of para-hydroxylation sites is 1. The van der Waals surface area contributed by atoms with Gasteiger partial charge in [0, 0.05) is 16.7 Å². The molecule has 3 aromatic rings. The normalized spacial score (nSPS) is 13.4. The number of ether oxygens (including phenoxy) is 1. The van der Waals surface area contributed by atoms with Gasteiger partial charge in [-0.25, -0.2) is 0 Å². The van der Waals surface area contributed by atoms with Crippen LogP contribution in [0.1, 0.15) is 5.56 Å². The van der Waals surface area contributed by atoms with Crippen molar-refractivity contribution in [2.45, 2.75) is 13.0 Å². The number of rotatable bonds is 6. The number of methoxy groups -OCH3 is 1. The van der Waals surface area contributed by atoms with Crippen LogP contribution in [0.5, 0.6) is 0 Å². The summed E-state index contributed by atoms with van der Waals surface area (Å²) in [5.41, 5.74) is 2.92. The Bertz CT molecular complexity index is 1270. The third kappa shape index (κ3) is 4.97. The summed E-state index contributed by atoms with van der Waals surface area (Å²) < 4.78 is 8.25. The molecule has 166 valence electrons. The number of carbonyl (C=O) groups excluding carboxylic acids is 3. The number of esters is 1. The topological polar surface area (TPSA) is 81.0 Å². The van der Waals surface area contributed by atoms with Gasteiger partial charge in [0.25, 0.3) is 5.91 Å². The van der Waals surface area contributed by atoms with Gasteiger partial charge in [-0.05, 0) is 36.2 Å². The average Bonchev–Trinajstić information content (AvgIpc) is 3.35. The smallest absolute Gasteiger partial charge is 0.325 e. The summed E-state index contributed by atoms with van der Waals surface area (Å²) in [5, 5.41) is 0. The molecule has 0 saturated heterocycles. The van der Waals surface area contributed by atoms with E-state index in [0.717, 1.165) is 26.8 Å². The van der Waals surface area contributed by atoms with Gasteiger partial charge in [0.2, 0.25) is 5.91 Å². The predicted molar refractivity (Wildman–Crippen MR) is 130 cm³/mol. The molecule has 1 aromatic heterocycles. The molecule has 2 aromatic carbocycles. The van der Waals surface area contributed by atoms with Crippen LogP contribution in [0.4, 0.5) is 5.69 Å². The van der Waals surface area contributed by atoms with Crippen molar-refractivity contribution in [3.05, 3.63) is 57.3 Å². The summed E-state index contributed by atoms with van der Waals surface area (Å²) in [6.45, 7) is 0.631. The lowest BCUT2D eigenvalue weighted by molar-refractivity contribution is -0.141. The van der Waals surface area contributed by atoms with Gasteiger partial charge in [0.1, 0.15) is 6.54 Å². The van der Waals surface area contributed by atoms with Gasteiger partial charge in [0.15, 0.2) is 4.80 Å². The lowest BCUT2D eigenvalue weighted by Crippen LogP contribution is -2.30. The molecule has 0 radical (unpaired) electrons. The Labute approximate surface area is 201 Å². The Hall–Kier alpha value is -2.43. The number of carbonyl (C=O) groups is 3. The minimum Gasteiger partial charge on any atom is -0.468 e. The first-order valence-electron chi connectivity index (χ1n) is 9.85. The molecule has 10 heteroatoms. The molecule has 0 saturated carbocycles.